The fourth-order valence-corrected chi connectivity index (χ4v) is 2.15. The summed E-state index contributed by atoms with van der Waals surface area (Å²) in [5.74, 6) is 0.276. The number of amides is 2. The first-order chi connectivity index (χ1) is 8.97. The van der Waals surface area contributed by atoms with Crippen LogP contribution in [0.1, 0.15) is 52.4 Å². The molecule has 1 saturated carbocycles. The molecule has 0 heterocycles. The van der Waals surface area contributed by atoms with Crippen molar-refractivity contribution in [3.05, 3.63) is 0 Å². The Kier molecular flexibility index (Phi) is 8.81. The molecule has 1 aliphatic rings. The second kappa shape index (κ2) is 9.19. The van der Waals surface area contributed by atoms with Gasteiger partial charge in [-0.3, -0.25) is 9.59 Å². The van der Waals surface area contributed by atoms with Crippen molar-refractivity contribution >= 4 is 24.2 Å². The minimum atomic E-state index is -0.788. The smallest absolute Gasteiger partial charge is 0.239 e. The topological polar surface area (TPSA) is 84.2 Å². The first kappa shape index (κ1) is 19.2. The Morgan fingerprint density at radius 2 is 1.85 bits per heavy atom. The second-order valence-corrected chi connectivity index (χ2v) is 5.70. The van der Waals surface area contributed by atoms with E-state index in [4.69, 9.17) is 5.73 Å². The van der Waals surface area contributed by atoms with Crippen LogP contribution in [-0.2, 0) is 9.59 Å². The van der Waals surface area contributed by atoms with Crippen molar-refractivity contribution in [2.24, 2.45) is 11.7 Å². The zero-order valence-corrected chi connectivity index (χ0v) is 13.4. The summed E-state index contributed by atoms with van der Waals surface area (Å²) in [6.07, 6.45) is 5.51. The van der Waals surface area contributed by atoms with E-state index in [1.165, 1.54) is 6.42 Å². The van der Waals surface area contributed by atoms with Crippen LogP contribution in [0.5, 0.6) is 0 Å². The van der Waals surface area contributed by atoms with E-state index in [2.05, 4.69) is 10.6 Å². The third kappa shape index (κ3) is 6.09. The maximum atomic E-state index is 11.8. The van der Waals surface area contributed by atoms with Gasteiger partial charge in [0.1, 0.15) is 0 Å². The van der Waals surface area contributed by atoms with Crippen LogP contribution in [0.3, 0.4) is 0 Å². The highest BCUT2D eigenvalue weighted by Gasteiger charge is 2.26. The third-order valence-corrected chi connectivity index (χ3v) is 3.70. The lowest BCUT2D eigenvalue weighted by Crippen LogP contribution is -2.51. The molecule has 5 nitrogen and oxygen atoms in total. The van der Waals surface area contributed by atoms with Crippen LogP contribution in [0, 0.1) is 5.92 Å². The maximum absolute atomic E-state index is 11.8. The average Bonchev–Trinajstić information content (AvgIpc) is 2.25. The molecule has 20 heavy (non-hydrogen) atoms. The number of halogens is 1. The van der Waals surface area contributed by atoms with Gasteiger partial charge in [0.15, 0.2) is 0 Å². The van der Waals surface area contributed by atoms with Crippen LogP contribution in [-0.4, -0.2) is 30.4 Å². The molecule has 0 aliphatic heterocycles. The van der Waals surface area contributed by atoms with E-state index in [0.717, 1.165) is 25.7 Å². The van der Waals surface area contributed by atoms with E-state index in [9.17, 15) is 9.59 Å². The van der Waals surface area contributed by atoms with Gasteiger partial charge in [0, 0.05) is 19.0 Å². The molecule has 4 N–H and O–H groups in total. The molecule has 1 fully saturated rings. The molecule has 1 rings (SSSR count). The first-order valence-corrected chi connectivity index (χ1v) is 7.32. The molecule has 0 saturated heterocycles. The molecule has 0 aromatic heterocycles. The van der Waals surface area contributed by atoms with E-state index in [1.807, 2.05) is 6.92 Å². The summed E-state index contributed by atoms with van der Waals surface area (Å²) < 4.78 is 0. The SMILES string of the molecule is CCCC(C)(N)C(=O)NCCCNC(=O)C1CCC1.Cl. The van der Waals surface area contributed by atoms with Crippen LogP contribution in [0.15, 0.2) is 0 Å². The van der Waals surface area contributed by atoms with Gasteiger partial charge in [-0.15, -0.1) is 12.4 Å². The molecule has 0 aromatic carbocycles. The van der Waals surface area contributed by atoms with Gasteiger partial charge < -0.3 is 16.4 Å². The molecule has 0 spiro atoms. The largest absolute Gasteiger partial charge is 0.356 e. The summed E-state index contributed by atoms with van der Waals surface area (Å²) in [5, 5.41) is 5.72. The Bertz CT molecular complexity index is 318. The Labute approximate surface area is 127 Å². The normalized spacial score (nSPS) is 17.4. The molecular weight excluding hydrogens is 278 g/mol. The van der Waals surface area contributed by atoms with Gasteiger partial charge in [0.2, 0.25) is 11.8 Å². The minimum Gasteiger partial charge on any atom is -0.356 e. The highest BCUT2D eigenvalue weighted by molar-refractivity contribution is 5.85. The van der Waals surface area contributed by atoms with Crippen molar-refractivity contribution in [1.82, 2.24) is 10.6 Å². The second-order valence-electron chi connectivity index (χ2n) is 5.70. The van der Waals surface area contributed by atoms with Crippen molar-refractivity contribution in [2.45, 2.75) is 57.9 Å². The number of nitrogens with one attached hydrogen (secondary N) is 2. The highest BCUT2D eigenvalue weighted by atomic mass is 35.5. The first-order valence-electron chi connectivity index (χ1n) is 7.32. The Balaban J connectivity index is 0.00000361. The summed E-state index contributed by atoms with van der Waals surface area (Å²) in [5.41, 5.74) is 5.13. The lowest BCUT2D eigenvalue weighted by atomic mass is 9.85. The summed E-state index contributed by atoms with van der Waals surface area (Å²) >= 11 is 0. The lowest BCUT2D eigenvalue weighted by Gasteiger charge is -2.24. The van der Waals surface area contributed by atoms with E-state index in [-0.39, 0.29) is 30.1 Å². The summed E-state index contributed by atoms with van der Waals surface area (Å²) in [4.78, 5) is 23.3. The Hall–Kier alpha value is -0.810. The lowest BCUT2D eigenvalue weighted by molar-refractivity contribution is -0.127. The van der Waals surface area contributed by atoms with Gasteiger partial charge in [-0.05, 0) is 32.6 Å². The van der Waals surface area contributed by atoms with Crippen molar-refractivity contribution in [2.75, 3.05) is 13.1 Å². The van der Waals surface area contributed by atoms with Crippen LogP contribution in [0.25, 0.3) is 0 Å². The number of carbonyl (C=O) groups is 2. The summed E-state index contributed by atoms with van der Waals surface area (Å²) in [6.45, 7) is 4.93. The zero-order valence-electron chi connectivity index (χ0n) is 12.5. The molecule has 1 unspecified atom stereocenters. The Morgan fingerprint density at radius 3 is 2.35 bits per heavy atom. The van der Waals surface area contributed by atoms with Crippen LogP contribution < -0.4 is 16.4 Å². The zero-order chi connectivity index (χ0) is 14.3. The highest BCUT2D eigenvalue weighted by Crippen LogP contribution is 2.25. The van der Waals surface area contributed by atoms with Crippen molar-refractivity contribution in [3.8, 4) is 0 Å². The molecule has 0 radical (unpaired) electrons. The quantitative estimate of drug-likeness (QED) is 0.592. The van der Waals surface area contributed by atoms with Crippen molar-refractivity contribution in [3.63, 3.8) is 0 Å². The number of nitrogens with two attached hydrogens (primary N) is 1. The molecule has 1 atom stereocenters. The van der Waals surface area contributed by atoms with E-state index in [0.29, 0.717) is 19.5 Å². The van der Waals surface area contributed by atoms with Crippen molar-refractivity contribution in [1.29, 1.82) is 0 Å². The van der Waals surface area contributed by atoms with Gasteiger partial charge in [-0.1, -0.05) is 19.8 Å². The number of carbonyl (C=O) groups excluding carboxylic acids is 2. The summed E-state index contributed by atoms with van der Waals surface area (Å²) in [7, 11) is 0. The van der Waals surface area contributed by atoms with Crippen molar-refractivity contribution < 1.29 is 9.59 Å². The fourth-order valence-electron chi connectivity index (χ4n) is 2.15. The van der Waals surface area contributed by atoms with E-state index in [1.54, 1.807) is 6.92 Å². The van der Waals surface area contributed by atoms with E-state index < -0.39 is 5.54 Å². The minimum absolute atomic E-state index is 0. The molecule has 1 aliphatic carbocycles. The number of hydrogen-bond acceptors (Lipinski definition) is 3. The third-order valence-electron chi connectivity index (χ3n) is 3.70. The summed E-state index contributed by atoms with van der Waals surface area (Å²) in [6, 6.07) is 0. The standard InChI is InChI=1S/C14H27N3O2.ClH/c1-3-8-14(2,15)13(19)17-10-5-9-16-12(18)11-6-4-7-11;/h11H,3-10,15H2,1-2H3,(H,16,18)(H,17,19);1H. The predicted octanol–water partition coefficient (Wildman–Crippen LogP) is 1.35. The van der Waals surface area contributed by atoms with Crippen LogP contribution in [0.2, 0.25) is 0 Å². The average molecular weight is 306 g/mol. The monoisotopic (exact) mass is 305 g/mol. The number of rotatable bonds is 8. The van der Waals surface area contributed by atoms with Gasteiger partial charge >= 0.3 is 0 Å². The molecule has 0 aromatic rings. The van der Waals surface area contributed by atoms with Gasteiger partial charge in [0.05, 0.1) is 5.54 Å². The predicted molar refractivity (Wildman–Crippen MR) is 82.7 cm³/mol. The molecule has 6 heteroatoms. The van der Waals surface area contributed by atoms with E-state index >= 15 is 0 Å². The molecule has 2 amide bonds. The maximum Gasteiger partial charge on any atom is 0.239 e. The van der Waals surface area contributed by atoms with Crippen LogP contribution in [0.4, 0.5) is 0 Å². The Morgan fingerprint density at radius 1 is 1.25 bits per heavy atom. The van der Waals surface area contributed by atoms with Crippen LogP contribution >= 0.6 is 12.4 Å². The van der Waals surface area contributed by atoms with Gasteiger partial charge in [-0.25, -0.2) is 0 Å². The van der Waals surface area contributed by atoms with Gasteiger partial charge in [-0.2, -0.15) is 0 Å². The molecule has 0 bridgehead atoms. The van der Waals surface area contributed by atoms with Gasteiger partial charge in [0.25, 0.3) is 0 Å². The molecular formula is C14H28ClN3O2. The fraction of sp³-hybridized carbons (Fsp3) is 0.857. The number of hydrogen-bond donors (Lipinski definition) is 3. The molecule has 118 valence electrons.